The molecule has 0 bridgehead atoms. The van der Waals surface area contributed by atoms with Crippen LogP contribution in [-0.2, 0) is 20.9 Å². The highest BCUT2D eigenvalue weighted by Gasteiger charge is 2.37. The second kappa shape index (κ2) is 8.02. The molecule has 0 N–H and O–H groups in total. The number of hydrogen-bond acceptors (Lipinski definition) is 4. The van der Waals surface area contributed by atoms with E-state index in [9.17, 15) is 9.59 Å². The zero-order valence-electron chi connectivity index (χ0n) is 15.3. The zero-order chi connectivity index (χ0) is 17.8. The monoisotopic (exact) mass is 347 g/mol. The number of hydrogen-bond donors (Lipinski definition) is 0. The van der Waals surface area contributed by atoms with Crippen molar-refractivity contribution in [1.82, 2.24) is 14.5 Å². The molecule has 0 radical (unpaired) electrons. The third-order valence-electron chi connectivity index (χ3n) is 5.78. The Hall–Kier alpha value is -1.85. The Kier molecular flexibility index (Phi) is 5.76. The summed E-state index contributed by atoms with van der Waals surface area (Å²) in [5.74, 6) is 1.13. The fraction of sp³-hybridized carbons (Fsp3) is 0.737. The van der Waals surface area contributed by atoms with Crippen molar-refractivity contribution in [1.29, 1.82) is 0 Å². The lowest BCUT2D eigenvalue weighted by Gasteiger charge is -2.39. The van der Waals surface area contributed by atoms with Crippen LogP contribution in [-0.4, -0.2) is 40.0 Å². The molecule has 6 heteroatoms. The molecule has 6 nitrogen and oxygen atoms in total. The van der Waals surface area contributed by atoms with Crippen LogP contribution < -0.4 is 0 Å². The molecule has 138 valence electrons. The molecule has 25 heavy (non-hydrogen) atoms. The third kappa shape index (κ3) is 3.72. The average molecular weight is 347 g/mol. The van der Waals surface area contributed by atoms with Crippen molar-refractivity contribution in [2.45, 2.75) is 64.5 Å². The molecule has 2 heterocycles. The maximum absolute atomic E-state index is 13.2. The summed E-state index contributed by atoms with van der Waals surface area (Å²) in [7, 11) is 1.44. The summed E-state index contributed by atoms with van der Waals surface area (Å²) in [6.07, 6.45) is 10.1. The van der Waals surface area contributed by atoms with Crippen molar-refractivity contribution in [3.05, 3.63) is 18.2 Å². The van der Waals surface area contributed by atoms with Gasteiger partial charge in [-0.1, -0.05) is 0 Å². The average Bonchev–Trinajstić information content (AvgIpc) is 3.15. The topological polar surface area (TPSA) is 64.4 Å². The molecule has 1 aromatic heterocycles. The lowest BCUT2D eigenvalue weighted by atomic mass is 9.81. The first kappa shape index (κ1) is 18.0. The number of ether oxygens (including phenoxy) is 1. The van der Waals surface area contributed by atoms with Crippen molar-refractivity contribution in [3.8, 4) is 0 Å². The fourth-order valence-electron chi connectivity index (χ4n) is 4.33. The first-order valence-electron chi connectivity index (χ1n) is 9.55. The molecule has 1 unspecified atom stereocenters. The fourth-order valence-corrected chi connectivity index (χ4v) is 4.33. The first-order chi connectivity index (χ1) is 12.2. The molecule has 1 saturated heterocycles. The summed E-state index contributed by atoms with van der Waals surface area (Å²) in [5.41, 5.74) is 0. The Bertz CT molecular complexity index is 605. The summed E-state index contributed by atoms with van der Waals surface area (Å²) in [6.45, 7) is 3.80. The molecular formula is C19H29N3O3. The highest BCUT2D eigenvalue weighted by atomic mass is 16.5. The Labute approximate surface area is 149 Å². The number of amides is 1. The Balaban J connectivity index is 1.69. The number of rotatable bonds is 4. The van der Waals surface area contributed by atoms with E-state index in [0.29, 0.717) is 0 Å². The van der Waals surface area contributed by atoms with Gasteiger partial charge >= 0.3 is 5.97 Å². The van der Waals surface area contributed by atoms with Crippen LogP contribution >= 0.6 is 0 Å². The van der Waals surface area contributed by atoms with E-state index in [1.54, 1.807) is 0 Å². The molecule has 1 aliphatic carbocycles. The van der Waals surface area contributed by atoms with Gasteiger partial charge in [0.05, 0.1) is 19.1 Å². The number of aryl methyl sites for hydroxylation is 1. The molecule has 1 saturated carbocycles. The van der Waals surface area contributed by atoms with Gasteiger partial charge in [0, 0.05) is 31.4 Å². The molecule has 0 spiro atoms. The van der Waals surface area contributed by atoms with Gasteiger partial charge in [0.25, 0.3) is 0 Å². The number of likely N-dealkylation sites (tertiary alicyclic amines) is 1. The molecule has 0 aromatic carbocycles. The van der Waals surface area contributed by atoms with Gasteiger partial charge in [-0.05, 0) is 51.9 Å². The zero-order valence-corrected chi connectivity index (χ0v) is 15.3. The van der Waals surface area contributed by atoms with Crippen LogP contribution in [0.25, 0.3) is 0 Å². The molecule has 1 atom stereocenters. The standard InChI is InChI=1S/C19H29N3O3/c1-3-21-13-11-20-17(21)16-6-4-5-12-22(16)18(23)14-7-9-15(10-8-14)19(24)25-2/h11,13-16H,3-10,12H2,1-2H3. The van der Waals surface area contributed by atoms with Gasteiger partial charge in [0.1, 0.15) is 5.82 Å². The number of carbonyl (C=O) groups is 2. The summed E-state index contributed by atoms with van der Waals surface area (Å²) < 4.78 is 6.99. The lowest BCUT2D eigenvalue weighted by Crippen LogP contribution is -2.44. The Morgan fingerprint density at radius 2 is 1.88 bits per heavy atom. The number of nitrogens with zero attached hydrogens (tertiary/aromatic N) is 3. The molecule has 1 aliphatic heterocycles. The smallest absolute Gasteiger partial charge is 0.308 e. The predicted octanol–water partition coefficient (Wildman–Crippen LogP) is 2.94. The quantitative estimate of drug-likeness (QED) is 0.786. The maximum atomic E-state index is 13.2. The van der Waals surface area contributed by atoms with Crippen molar-refractivity contribution in [2.75, 3.05) is 13.7 Å². The molecule has 1 aromatic rings. The molecular weight excluding hydrogens is 318 g/mol. The minimum atomic E-state index is -0.133. The van der Waals surface area contributed by atoms with Gasteiger partial charge in [0.15, 0.2) is 0 Å². The van der Waals surface area contributed by atoms with Crippen LogP contribution in [0.5, 0.6) is 0 Å². The largest absolute Gasteiger partial charge is 0.469 e. The van der Waals surface area contributed by atoms with Gasteiger partial charge in [0.2, 0.25) is 5.91 Å². The van der Waals surface area contributed by atoms with E-state index in [0.717, 1.165) is 63.9 Å². The second-order valence-corrected chi connectivity index (χ2v) is 7.19. The van der Waals surface area contributed by atoms with E-state index < -0.39 is 0 Å². The van der Waals surface area contributed by atoms with E-state index in [4.69, 9.17) is 4.74 Å². The lowest BCUT2D eigenvalue weighted by molar-refractivity contribution is -0.149. The van der Waals surface area contributed by atoms with Crippen molar-refractivity contribution in [2.24, 2.45) is 11.8 Å². The van der Waals surface area contributed by atoms with E-state index in [-0.39, 0.29) is 29.8 Å². The van der Waals surface area contributed by atoms with Crippen LogP contribution in [0.3, 0.4) is 0 Å². The number of piperidine rings is 1. The third-order valence-corrected chi connectivity index (χ3v) is 5.78. The van der Waals surface area contributed by atoms with Crippen molar-refractivity contribution < 1.29 is 14.3 Å². The minimum absolute atomic E-state index is 0.0338. The Morgan fingerprint density at radius 1 is 1.16 bits per heavy atom. The maximum Gasteiger partial charge on any atom is 0.308 e. The minimum Gasteiger partial charge on any atom is -0.469 e. The van der Waals surface area contributed by atoms with E-state index in [2.05, 4.69) is 21.4 Å². The predicted molar refractivity (Wildman–Crippen MR) is 93.7 cm³/mol. The van der Waals surface area contributed by atoms with Crippen LogP contribution in [0.1, 0.15) is 63.7 Å². The SMILES string of the molecule is CCn1ccnc1C1CCCCN1C(=O)C1CCC(C(=O)OC)CC1. The van der Waals surface area contributed by atoms with Gasteiger partial charge in [-0.3, -0.25) is 9.59 Å². The van der Waals surface area contributed by atoms with Gasteiger partial charge in [-0.15, -0.1) is 0 Å². The Morgan fingerprint density at radius 3 is 2.56 bits per heavy atom. The van der Waals surface area contributed by atoms with E-state index >= 15 is 0 Å². The van der Waals surface area contributed by atoms with Crippen molar-refractivity contribution >= 4 is 11.9 Å². The molecule has 3 rings (SSSR count). The van der Waals surface area contributed by atoms with E-state index in [1.165, 1.54) is 7.11 Å². The van der Waals surface area contributed by atoms with Crippen LogP contribution in [0.2, 0.25) is 0 Å². The van der Waals surface area contributed by atoms with Crippen molar-refractivity contribution in [3.63, 3.8) is 0 Å². The summed E-state index contributed by atoms with van der Waals surface area (Å²) in [4.78, 5) is 31.5. The van der Waals surface area contributed by atoms with Crippen LogP contribution in [0.15, 0.2) is 12.4 Å². The number of methoxy groups -OCH3 is 1. The summed E-state index contributed by atoms with van der Waals surface area (Å²) in [6, 6.07) is 0.0922. The highest BCUT2D eigenvalue weighted by Crippen LogP contribution is 2.36. The number of carbonyl (C=O) groups excluding carboxylic acids is 2. The highest BCUT2D eigenvalue weighted by molar-refractivity contribution is 5.80. The second-order valence-electron chi connectivity index (χ2n) is 7.19. The van der Waals surface area contributed by atoms with Crippen LogP contribution in [0.4, 0.5) is 0 Å². The van der Waals surface area contributed by atoms with Crippen LogP contribution in [0, 0.1) is 11.8 Å². The van der Waals surface area contributed by atoms with Gasteiger partial charge in [-0.25, -0.2) is 4.98 Å². The normalized spacial score (nSPS) is 27.1. The molecule has 2 aliphatic rings. The number of aromatic nitrogens is 2. The van der Waals surface area contributed by atoms with Gasteiger partial charge < -0.3 is 14.2 Å². The van der Waals surface area contributed by atoms with E-state index in [1.807, 2.05) is 12.4 Å². The first-order valence-corrected chi connectivity index (χ1v) is 9.55. The number of esters is 1. The summed E-state index contributed by atoms with van der Waals surface area (Å²) >= 11 is 0. The molecule has 1 amide bonds. The number of imidazole rings is 1. The molecule has 2 fully saturated rings. The van der Waals surface area contributed by atoms with Gasteiger partial charge in [-0.2, -0.15) is 0 Å². The summed E-state index contributed by atoms with van der Waals surface area (Å²) in [5, 5.41) is 0.